The first-order valence-electron chi connectivity index (χ1n) is 8.31. The van der Waals surface area contributed by atoms with Crippen LogP contribution in [0.2, 0.25) is 0 Å². The standard InChI is InChI=1S/C19H25N3O/c1-2-3-11-19(23)22-17-12-13-18(21-15-17)20-14-7-10-16-8-5-4-6-9-16/h4-6,8-9,12-13,15H,2-3,7,10-11,14H2,1H3,(H,20,21)(H,22,23). The highest BCUT2D eigenvalue weighted by molar-refractivity contribution is 5.90. The van der Waals surface area contributed by atoms with Gasteiger partial charge in [-0.15, -0.1) is 0 Å². The summed E-state index contributed by atoms with van der Waals surface area (Å²) in [6, 6.07) is 14.3. The van der Waals surface area contributed by atoms with E-state index < -0.39 is 0 Å². The number of hydrogen-bond donors (Lipinski definition) is 2. The maximum absolute atomic E-state index is 11.6. The lowest BCUT2D eigenvalue weighted by molar-refractivity contribution is -0.116. The van der Waals surface area contributed by atoms with Gasteiger partial charge >= 0.3 is 0 Å². The summed E-state index contributed by atoms with van der Waals surface area (Å²) in [6.45, 7) is 2.96. The van der Waals surface area contributed by atoms with Crippen LogP contribution in [0.5, 0.6) is 0 Å². The third-order valence-electron chi connectivity index (χ3n) is 3.60. The zero-order chi connectivity index (χ0) is 16.3. The lowest BCUT2D eigenvalue weighted by Gasteiger charge is -2.08. The molecule has 2 N–H and O–H groups in total. The van der Waals surface area contributed by atoms with Gasteiger partial charge in [-0.2, -0.15) is 0 Å². The van der Waals surface area contributed by atoms with Crippen LogP contribution >= 0.6 is 0 Å². The number of anilines is 2. The number of aromatic nitrogens is 1. The van der Waals surface area contributed by atoms with Gasteiger partial charge in [0, 0.05) is 13.0 Å². The van der Waals surface area contributed by atoms with Gasteiger partial charge in [-0.25, -0.2) is 4.98 Å². The minimum Gasteiger partial charge on any atom is -0.370 e. The number of amides is 1. The van der Waals surface area contributed by atoms with Gasteiger partial charge in [0.25, 0.3) is 0 Å². The van der Waals surface area contributed by atoms with Gasteiger partial charge in [-0.3, -0.25) is 4.79 Å². The summed E-state index contributed by atoms with van der Waals surface area (Å²) >= 11 is 0. The molecule has 1 aromatic carbocycles. The summed E-state index contributed by atoms with van der Waals surface area (Å²) in [7, 11) is 0. The Kier molecular flexibility index (Phi) is 7.11. The van der Waals surface area contributed by atoms with Crippen LogP contribution in [0, 0.1) is 0 Å². The quantitative estimate of drug-likeness (QED) is 0.681. The summed E-state index contributed by atoms with van der Waals surface area (Å²) in [5.74, 6) is 0.891. The zero-order valence-corrected chi connectivity index (χ0v) is 13.7. The molecule has 0 fully saturated rings. The monoisotopic (exact) mass is 311 g/mol. The highest BCUT2D eigenvalue weighted by atomic mass is 16.1. The maximum Gasteiger partial charge on any atom is 0.224 e. The molecule has 0 radical (unpaired) electrons. The van der Waals surface area contributed by atoms with Crippen molar-refractivity contribution < 1.29 is 4.79 Å². The summed E-state index contributed by atoms with van der Waals surface area (Å²) in [6.07, 6.45) is 6.32. The maximum atomic E-state index is 11.6. The molecule has 2 aromatic rings. The number of carbonyl (C=O) groups excluding carboxylic acids is 1. The Morgan fingerprint density at radius 3 is 2.61 bits per heavy atom. The Balaban J connectivity index is 1.69. The van der Waals surface area contributed by atoms with Crippen molar-refractivity contribution in [1.82, 2.24) is 4.98 Å². The first-order chi connectivity index (χ1) is 11.3. The van der Waals surface area contributed by atoms with E-state index in [1.807, 2.05) is 18.2 Å². The van der Waals surface area contributed by atoms with E-state index in [1.165, 1.54) is 5.56 Å². The van der Waals surface area contributed by atoms with Crippen LogP contribution in [-0.2, 0) is 11.2 Å². The summed E-state index contributed by atoms with van der Waals surface area (Å²) in [5.41, 5.74) is 2.10. The van der Waals surface area contributed by atoms with E-state index in [9.17, 15) is 4.79 Å². The number of nitrogens with zero attached hydrogens (tertiary/aromatic N) is 1. The zero-order valence-electron chi connectivity index (χ0n) is 13.7. The first kappa shape index (κ1) is 17.0. The molecular formula is C19H25N3O. The normalized spacial score (nSPS) is 10.3. The molecule has 0 saturated heterocycles. The molecule has 0 spiro atoms. The average molecular weight is 311 g/mol. The molecule has 0 aliphatic carbocycles. The van der Waals surface area contributed by atoms with E-state index >= 15 is 0 Å². The largest absolute Gasteiger partial charge is 0.370 e. The summed E-state index contributed by atoms with van der Waals surface area (Å²) in [4.78, 5) is 16.0. The lowest BCUT2D eigenvalue weighted by Crippen LogP contribution is -2.11. The summed E-state index contributed by atoms with van der Waals surface area (Å²) < 4.78 is 0. The van der Waals surface area contributed by atoms with Crippen molar-refractivity contribution in [2.45, 2.75) is 39.0 Å². The summed E-state index contributed by atoms with van der Waals surface area (Å²) in [5, 5.41) is 6.17. The lowest BCUT2D eigenvalue weighted by atomic mass is 10.1. The molecular weight excluding hydrogens is 286 g/mol. The Labute approximate surface area is 138 Å². The van der Waals surface area contributed by atoms with Gasteiger partial charge in [0.05, 0.1) is 11.9 Å². The van der Waals surface area contributed by atoms with Crippen molar-refractivity contribution >= 4 is 17.4 Å². The first-order valence-corrected chi connectivity index (χ1v) is 8.31. The second kappa shape index (κ2) is 9.62. The van der Waals surface area contributed by atoms with Crippen LogP contribution in [0.15, 0.2) is 48.7 Å². The fourth-order valence-corrected chi connectivity index (χ4v) is 2.29. The predicted octanol–water partition coefficient (Wildman–Crippen LogP) is 4.26. The highest BCUT2D eigenvalue weighted by Crippen LogP contribution is 2.11. The molecule has 0 aliphatic heterocycles. The second-order valence-corrected chi connectivity index (χ2v) is 5.60. The van der Waals surface area contributed by atoms with Crippen molar-refractivity contribution in [2.24, 2.45) is 0 Å². The van der Waals surface area contributed by atoms with E-state index in [2.05, 4.69) is 46.8 Å². The van der Waals surface area contributed by atoms with Crippen molar-refractivity contribution in [1.29, 1.82) is 0 Å². The molecule has 122 valence electrons. The molecule has 4 nitrogen and oxygen atoms in total. The predicted molar refractivity (Wildman–Crippen MR) is 95.6 cm³/mol. The molecule has 2 rings (SSSR count). The van der Waals surface area contributed by atoms with E-state index in [1.54, 1.807) is 6.20 Å². The molecule has 23 heavy (non-hydrogen) atoms. The van der Waals surface area contributed by atoms with Gasteiger partial charge in [0.2, 0.25) is 5.91 Å². The van der Waals surface area contributed by atoms with Crippen molar-refractivity contribution in [3.8, 4) is 0 Å². The molecule has 0 aliphatic rings. The average Bonchev–Trinajstić information content (AvgIpc) is 2.59. The molecule has 1 heterocycles. The number of benzene rings is 1. The van der Waals surface area contributed by atoms with E-state index in [4.69, 9.17) is 0 Å². The molecule has 0 saturated carbocycles. The van der Waals surface area contributed by atoms with Crippen LogP contribution in [-0.4, -0.2) is 17.4 Å². The fraction of sp³-hybridized carbons (Fsp3) is 0.368. The molecule has 0 unspecified atom stereocenters. The third kappa shape index (κ3) is 6.51. The minimum atomic E-state index is 0.0530. The van der Waals surface area contributed by atoms with Gasteiger partial charge < -0.3 is 10.6 Å². The van der Waals surface area contributed by atoms with Crippen LogP contribution in [0.3, 0.4) is 0 Å². The van der Waals surface area contributed by atoms with Crippen molar-refractivity contribution in [2.75, 3.05) is 17.2 Å². The van der Waals surface area contributed by atoms with Gasteiger partial charge in [-0.05, 0) is 37.0 Å². The number of unbranched alkanes of at least 4 members (excludes halogenated alkanes) is 1. The smallest absolute Gasteiger partial charge is 0.224 e. The van der Waals surface area contributed by atoms with E-state index in [0.29, 0.717) is 6.42 Å². The van der Waals surface area contributed by atoms with Crippen LogP contribution in [0.1, 0.15) is 38.2 Å². The number of carbonyl (C=O) groups is 1. The fourth-order valence-electron chi connectivity index (χ4n) is 2.29. The molecule has 1 amide bonds. The van der Waals surface area contributed by atoms with E-state index in [0.717, 1.165) is 43.7 Å². The molecule has 4 heteroatoms. The van der Waals surface area contributed by atoms with Crippen LogP contribution in [0.25, 0.3) is 0 Å². The minimum absolute atomic E-state index is 0.0530. The Bertz CT molecular complexity index is 581. The van der Waals surface area contributed by atoms with Crippen molar-refractivity contribution in [3.05, 3.63) is 54.2 Å². The Hall–Kier alpha value is -2.36. The Morgan fingerprint density at radius 2 is 1.91 bits per heavy atom. The van der Waals surface area contributed by atoms with Crippen LogP contribution < -0.4 is 10.6 Å². The molecule has 0 atom stereocenters. The van der Waals surface area contributed by atoms with Crippen LogP contribution in [0.4, 0.5) is 11.5 Å². The van der Waals surface area contributed by atoms with Gasteiger partial charge in [0.15, 0.2) is 0 Å². The molecule has 0 bridgehead atoms. The number of pyridine rings is 1. The highest BCUT2D eigenvalue weighted by Gasteiger charge is 2.02. The number of hydrogen-bond acceptors (Lipinski definition) is 3. The van der Waals surface area contributed by atoms with Crippen molar-refractivity contribution in [3.63, 3.8) is 0 Å². The number of rotatable bonds is 9. The SMILES string of the molecule is CCCCC(=O)Nc1ccc(NCCCc2ccccc2)nc1. The number of nitrogens with one attached hydrogen (secondary N) is 2. The number of aryl methyl sites for hydroxylation is 1. The van der Waals surface area contributed by atoms with Gasteiger partial charge in [-0.1, -0.05) is 43.7 Å². The molecule has 1 aromatic heterocycles. The third-order valence-corrected chi connectivity index (χ3v) is 3.60. The second-order valence-electron chi connectivity index (χ2n) is 5.60. The van der Waals surface area contributed by atoms with E-state index in [-0.39, 0.29) is 5.91 Å². The Morgan fingerprint density at radius 1 is 1.09 bits per heavy atom. The van der Waals surface area contributed by atoms with Gasteiger partial charge in [0.1, 0.15) is 5.82 Å². The topological polar surface area (TPSA) is 54.0 Å².